The number of carboxylic acids is 1. The molecule has 0 fully saturated rings. The van der Waals surface area contributed by atoms with Gasteiger partial charge in [-0.1, -0.05) is 132 Å². The maximum atomic E-state index is 12.7. The lowest BCUT2D eigenvalue weighted by Gasteiger charge is -2.31. The van der Waals surface area contributed by atoms with Gasteiger partial charge in [-0.3, -0.25) is 9.59 Å². The first-order valence-electron chi connectivity index (χ1n) is 21.3. The highest BCUT2D eigenvalue weighted by Crippen LogP contribution is 2.13. The molecule has 0 rings (SSSR count). The smallest absolute Gasteiger partial charge is 0.362 e. The van der Waals surface area contributed by atoms with Crippen LogP contribution in [0.4, 0.5) is 0 Å². The maximum absolute atomic E-state index is 12.7. The first kappa shape index (κ1) is 51.0. The fourth-order valence-corrected chi connectivity index (χ4v) is 5.83. The van der Waals surface area contributed by atoms with Crippen LogP contribution in [0.25, 0.3) is 0 Å². The van der Waals surface area contributed by atoms with Crippen LogP contribution in [0.15, 0.2) is 60.8 Å². The number of likely N-dealkylation sites (N-methyl/N-ethyl adjacent to an activating group) is 1. The monoisotopic (exact) mass is 759 g/mol. The third-order valence-electron chi connectivity index (χ3n) is 9.15. The van der Waals surface area contributed by atoms with Crippen LogP contribution in [0, 0.1) is 0 Å². The number of carboxylic acid groups (broad SMARTS) is 1. The van der Waals surface area contributed by atoms with Crippen molar-refractivity contribution in [3.63, 3.8) is 0 Å². The molecule has 0 aromatic rings. The Bertz CT molecular complexity index is 1070. The summed E-state index contributed by atoms with van der Waals surface area (Å²) in [7, 11) is 5.51. The van der Waals surface area contributed by atoms with Gasteiger partial charge in [-0.25, -0.2) is 4.79 Å². The number of carbonyl (C=O) groups is 3. The number of quaternary nitrogens is 1. The Hall–Kier alpha value is -2.97. The van der Waals surface area contributed by atoms with E-state index in [-0.39, 0.29) is 36.2 Å². The third kappa shape index (κ3) is 34.8. The standard InChI is InChI=1S/C46H79NO7/c1-6-8-10-12-14-16-18-19-20-21-22-23-24-25-26-27-29-31-33-35-37-45(49)54-42(40-52-39-38-43(46(50)51)47(3,4)5)41-53-44(48)36-34-32-30-28-17-15-13-11-9-7-2/h8,10,13-16,19-20,22-23,42-43H,6-7,9,11-12,17-18,21,24-41H2,1-5H3/p+1/b10-8+,15-13+,16-14+,20-19+,23-22+. The number of esters is 2. The molecule has 0 saturated heterocycles. The summed E-state index contributed by atoms with van der Waals surface area (Å²) < 4.78 is 17.2. The molecule has 8 nitrogen and oxygen atoms in total. The van der Waals surface area contributed by atoms with E-state index in [2.05, 4.69) is 74.6 Å². The molecular weight excluding hydrogens is 679 g/mol. The van der Waals surface area contributed by atoms with Gasteiger partial charge in [0.05, 0.1) is 34.4 Å². The predicted molar refractivity (Wildman–Crippen MR) is 224 cm³/mol. The summed E-state index contributed by atoms with van der Waals surface area (Å²) in [5.41, 5.74) is 0. The zero-order valence-electron chi connectivity index (χ0n) is 35.2. The molecule has 0 amide bonds. The van der Waals surface area contributed by atoms with Gasteiger partial charge in [-0.05, 0) is 70.6 Å². The van der Waals surface area contributed by atoms with Crippen molar-refractivity contribution in [3.8, 4) is 0 Å². The first-order chi connectivity index (χ1) is 26.1. The Morgan fingerprint density at radius 2 is 1.04 bits per heavy atom. The molecule has 0 aliphatic carbocycles. The number of ether oxygens (including phenoxy) is 3. The Balaban J connectivity index is 4.35. The molecular formula is C46H80NO7+. The molecule has 8 heteroatoms. The highest BCUT2D eigenvalue weighted by atomic mass is 16.6. The summed E-state index contributed by atoms with van der Waals surface area (Å²) in [5, 5.41) is 9.60. The van der Waals surface area contributed by atoms with E-state index in [4.69, 9.17) is 14.2 Å². The topological polar surface area (TPSA) is 99.1 Å². The number of nitrogens with zero attached hydrogens (tertiary/aromatic N) is 1. The average molecular weight is 759 g/mol. The minimum atomic E-state index is -0.881. The molecule has 0 heterocycles. The summed E-state index contributed by atoms with van der Waals surface area (Å²) in [6, 6.07) is -0.619. The highest BCUT2D eigenvalue weighted by Gasteiger charge is 2.31. The second kappa shape index (κ2) is 37.0. The van der Waals surface area contributed by atoms with E-state index in [0.717, 1.165) is 96.3 Å². The molecule has 0 saturated carbocycles. The quantitative estimate of drug-likeness (QED) is 0.0291. The van der Waals surface area contributed by atoms with E-state index in [1.165, 1.54) is 32.1 Å². The molecule has 0 spiro atoms. The van der Waals surface area contributed by atoms with E-state index in [0.29, 0.717) is 19.3 Å². The molecule has 2 unspecified atom stereocenters. The Labute approximate surface area is 330 Å². The Morgan fingerprint density at radius 3 is 1.56 bits per heavy atom. The lowest BCUT2D eigenvalue weighted by molar-refractivity contribution is -0.887. The van der Waals surface area contributed by atoms with Gasteiger partial charge in [-0.2, -0.15) is 0 Å². The molecule has 54 heavy (non-hydrogen) atoms. The molecule has 0 radical (unpaired) electrons. The van der Waals surface area contributed by atoms with Crippen LogP contribution in [0.5, 0.6) is 0 Å². The van der Waals surface area contributed by atoms with Crippen LogP contribution in [0.1, 0.15) is 162 Å². The van der Waals surface area contributed by atoms with Gasteiger partial charge in [0.25, 0.3) is 0 Å². The van der Waals surface area contributed by atoms with Crippen molar-refractivity contribution < 1.29 is 38.2 Å². The minimum absolute atomic E-state index is 0.0508. The fourth-order valence-electron chi connectivity index (χ4n) is 5.83. The second-order valence-corrected chi connectivity index (χ2v) is 15.2. The number of aliphatic carboxylic acids is 1. The van der Waals surface area contributed by atoms with Gasteiger partial charge in [-0.15, -0.1) is 0 Å². The molecule has 0 aromatic heterocycles. The van der Waals surface area contributed by atoms with Gasteiger partial charge in [0, 0.05) is 19.3 Å². The van der Waals surface area contributed by atoms with Crippen molar-refractivity contribution >= 4 is 17.9 Å². The minimum Gasteiger partial charge on any atom is -0.477 e. The molecule has 310 valence electrons. The molecule has 1 N–H and O–H groups in total. The molecule has 0 aromatic carbocycles. The molecule has 0 aliphatic heterocycles. The summed E-state index contributed by atoms with van der Waals surface area (Å²) in [5.74, 6) is -1.51. The average Bonchev–Trinajstić information content (AvgIpc) is 3.12. The largest absolute Gasteiger partial charge is 0.477 e. The second-order valence-electron chi connectivity index (χ2n) is 15.2. The predicted octanol–water partition coefficient (Wildman–Crippen LogP) is 11.4. The van der Waals surface area contributed by atoms with Crippen molar-refractivity contribution in [1.29, 1.82) is 0 Å². The molecule has 0 bridgehead atoms. The molecule has 2 atom stereocenters. The Morgan fingerprint density at radius 1 is 0.574 bits per heavy atom. The van der Waals surface area contributed by atoms with Crippen molar-refractivity contribution in [2.24, 2.45) is 0 Å². The van der Waals surface area contributed by atoms with E-state index in [1.54, 1.807) is 0 Å². The number of rotatable bonds is 37. The maximum Gasteiger partial charge on any atom is 0.362 e. The number of carbonyl (C=O) groups excluding carboxylic acids is 2. The van der Waals surface area contributed by atoms with Crippen LogP contribution in [-0.2, 0) is 28.6 Å². The third-order valence-corrected chi connectivity index (χ3v) is 9.15. The molecule has 0 aliphatic rings. The van der Waals surface area contributed by atoms with Crippen LogP contribution in [0.2, 0.25) is 0 Å². The summed E-state index contributed by atoms with van der Waals surface area (Å²) >= 11 is 0. The highest BCUT2D eigenvalue weighted by molar-refractivity contribution is 5.72. The lowest BCUT2D eigenvalue weighted by Crippen LogP contribution is -2.50. The summed E-state index contributed by atoms with van der Waals surface area (Å²) in [4.78, 5) is 36.9. The van der Waals surface area contributed by atoms with Crippen LogP contribution < -0.4 is 0 Å². The first-order valence-corrected chi connectivity index (χ1v) is 21.3. The lowest BCUT2D eigenvalue weighted by atomic mass is 10.1. The van der Waals surface area contributed by atoms with Crippen LogP contribution in [-0.4, -0.2) is 80.6 Å². The fraction of sp³-hybridized carbons (Fsp3) is 0.717. The van der Waals surface area contributed by atoms with Crippen molar-refractivity contribution in [3.05, 3.63) is 60.8 Å². The van der Waals surface area contributed by atoms with Gasteiger partial charge >= 0.3 is 17.9 Å². The van der Waals surface area contributed by atoms with Gasteiger partial charge in [0.15, 0.2) is 12.1 Å². The van der Waals surface area contributed by atoms with Crippen LogP contribution >= 0.6 is 0 Å². The van der Waals surface area contributed by atoms with Crippen molar-refractivity contribution in [2.75, 3.05) is 41.0 Å². The van der Waals surface area contributed by atoms with E-state index < -0.39 is 18.1 Å². The van der Waals surface area contributed by atoms with Crippen molar-refractivity contribution in [2.45, 2.75) is 174 Å². The van der Waals surface area contributed by atoms with E-state index >= 15 is 0 Å². The zero-order chi connectivity index (χ0) is 40.0. The number of allylic oxidation sites excluding steroid dienone is 10. The van der Waals surface area contributed by atoms with Gasteiger partial charge < -0.3 is 23.8 Å². The Kier molecular flexibility index (Phi) is 34.9. The van der Waals surface area contributed by atoms with Gasteiger partial charge in [0.1, 0.15) is 6.61 Å². The summed E-state index contributed by atoms with van der Waals surface area (Å²) in [6.45, 7) is 4.54. The van der Waals surface area contributed by atoms with Crippen molar-refractivity contribution in [1.82, 2.24) is 0 Å². The zero-order valence-corrected chi connectivity index (χ0v) is 35.2. The number of hydrogen-bond donors (Lipinski definition) is 1. The normalized spacial score (nSPS) is 13.6. The summed E-state index contributed by atoms with van der Waals surface area (Å²) in [6.07, 6.45) is 44.1. The van der Waals surface area contributed by atoms with E-state index in [9.17, 15) is 19.5 Å². The number of hydrogen-bond acceptors (Lipinski definition) is 6. The van der Waals surface area contributed by atoms with E-state index in [1.807, 2.05) is 21.1 Å². The van der Waals surface area contributed by atoms with Gasteiger partial charge in [0.2, 0.25) is 0 Å². The van der Waals surface area contributed by atoms with Crippen LogP contribution in [0.3, 0.4) is 0 Å². The number of unbranched alkanes of at least 4 members (excludes halogenated alkanes) is 13. The SMILES string of the molecule is CC/C=C/C/C=C/C/C=C/C/C=C/CCCCCCCCCC(=O)OC(COCCC(C(=O)O)[N+](C)(C)C)COC(=O)CCCCCC/C=C/CCCC.